The molecule has 12 heteroatoms. The molecule has 11 nitrogen and oxygen atoms in total. The zero-order valence-corrected chi connectivity index (χ0v) is 19.9. The van der Waals surface area contributed by atoms with Crippen molar-refractivity contribution in [2.24, 2.45) is 0 Å². The van der Waals surface area contributed by atoms with Crippen LogP contribution in [0.15, 0.2) is 71.6 Å². The van der Waals surface area contributed by atoms with Crippen LogP contribution in [0.1, 0.15) is 0 Å². The van der Waals surface area contributed by atoms with Gasteiger partial charge in [0.05, 0.1) is 37.6 Å². The highest BCUT2D eigenvalue weighted by molar-refractivity contribution is 7.93. The minimum atomic E-state index is -4.61. The van der Waals surface area contributed by atoms with E-state index >= 15 is 0 Å². The zero-order valence-electron chi connectivity index (χ0n) is 19.1. The van der Waals surface area contributed by atoms with Gasteiger partial charge in [0.25, 0.3) is 15.7 Å². The molecule has 0 aliphatic carbocycles. The number of sulfonamides is 1. The second kappa shape index (κ2) is 10.7. The van der Waals surface area contributed by atoms with Gasteiger partial charge in [0.15, 0.2) is 4.90 Å². The van der Waals surface area contributed by atoms with Crippen LogP contribution in [0, 0.1) is 10.1 Å². The van der Waals surface area contributed by atoms with E-state index in [9.17, 15) is 23.3 Å². The lowest BCUT2D eigenvalue weighted by Crippen LogP contribution is -2.38. The summed E-state index contributed by atoms with van der Waals surface area (Å²) in [5.41, 5.74) is -0.318. The molecule has 184 valence electrons. The molecule has 0 atom stereocenters. The minimum Gasteiger partial charge on any atom is -0.497 e. The summed E-state index contributed by atoms with van der Waals surface area (Å²) in [7, 11) is -0.427. The zero-order chi connectivity index (χ0) is 25.6. The molecule has 0 spiro atoms. The predicted molar refractivity (Wildman–Crippen MR) is 129 cm³/mol. The number of nitro groups is 1. The van der Waals surface area contributed by atoms with E-state index < -0.39 is 38.0 Å². The maximum atomic E-state index is 13.7. The number of rotatable bonds is 10. The van der Waals surface area contributed by atoms with E-state index in [1.807, 2.05) is 0 Å². The van der Waals surface area contributed by atoms with Crippen LogP contribution >= 0.6 is 0 Å². The molecule has 0 saturated heterocycles. The number of para-hydroxylation sites is 3. The summed E-state index contributed by atoms with van der Waals surface area (Å²) in [5.74, 6) is 0.120. The van der Waals surface area contributed by atoms with Crippen molar-refractivity contribution in [1.29, 1.82) is 0 Å². The van der Waals surface area contributed by atoms with Gasteiger partial charge in [-0.05, 0) is 30.3 Å². The van der Waals surface area contributed by atoms with E-state index in [1.54, 1.807) is 24.3 Å². The summed E-state index contributed by atoms with van der Waals surface area (Å²) in [5, 5.41) is 14.2. The average Bonchev–Trinajstić information content (AvgIpc) is 2.87. The molecule has 0 saturated carbocycles. The molecule has 0 unspecified atom stereocenters. The molecule has 3 aromatic carbocycles. The average molecular weight is 502 g/mol. The molecule has 0 aromatic heterocycles. The van der Waals surface area contributed by atoms with Crippen molar-refractivity contribution in [2.45, 2.75) is 4.90 Å². The monoisotopic (exact) mass is 501 g/mol. The Kier molecular flexibility index (Phi) is 7.76. The van der Waals surface area contributed by atoms with Crippen molar-refractivity contribution in [3.05, 3.63) is 76.8 Å². The summed E-state index contributed by atoms with van der Waals surface area (Å²) in [4.78, 5) is 23.2. The Balaban J connectivity index is 2.11. The van der Waals surface area contributed by atoms with E-state index in [2.05, 4.69) is 5.32 Å². The molecular weight excluding hydrogens is 478 g/mol. The highest BCUT2D eigenvalue weighted by atomic mass is 32.2. The van der Waals surface area contributed by atoms with Crippen LogP contribution in [0.3, 0.4) is 0 Å². The molecule has 35 heavy (non-hydrogen) atoms. The van der Waals surface area contributed by atoms with Gasteiger partial charge < -0.3 is 19.5 Å². The lowest BCUT2D eigenvalue weighted by molar-refractivity contribution is -0.387. The number of hydrogen-bond acceptors (Lipinski definition) is 8. The molecule has 0 aliphatic heterocycles. The van der Waals surface area contributed by atoms with Gasteiger partial charge in [-0.3, -0.25) is 19.2 Å². The largest absolute Gasteiger partial charge is 0.497 e. The number of anilines is 2. The standard InChI is InChI=1S/C23H23N3O8S/c1-32-16-12-13-18(21(14-16)34-3)25(15-23(27)24-17-8-4-6-10-20(17)33-2)35(30,31)22-11-7-5-9-19(22)26(28)29/h4-14H,15H2,1-3H3,(H,24,27). The Bertz CT molecular complexity index is 1340. The lowest BCUT2D eigenvalue weighted by Gasteiger charge is -2.26. The second-order valence-corrected chi connectivity index (χ2v) is 8.85. The van der Waals surface area contributed by atoms with Gasteiger partial charge in [-0.1, -0.05) is 24.3 Å². The summed E-state index contributed by atoms with van der Waals surface area (Å²) in [6, 6.07) is 15.8. The Morgan fingerprint density at radius 1 is 0.943 bits per heavy atom. The number of carbonyl (C=O) groups excluding carboxylic acids is 1. The Morgan fingerprint density at radius 3 is 2.26 bits per heavy atom. The van der Waals surface area contributed by atoms with Crippen molar-refractivity contribution < 1.29 is 32.3 Å². The lowest BCUT2D eigenvalue weighted by atomic mass is 10.2. The number of nitro benzene ring substituents is 1. The third-order valence-electron chi connectivity index (χ3n) is 4.95. The fourth-order valence-electron chi connectivity index (χ4n) is 3.30. The van der Waals surface area contributed by atoms with Crippen molar-refractivity contribution in [2.75, 3.05) is 37.5 Å². The first-order chi connectivity index (χ1) is 16.7. The first-order valence-electron chi connectivity index (χ1n) is 10.1. The Morgan fingerprint density at radius 2 is 1.60 bits per heavy atom. The van der Waals surface area contributed by atoms with Gasteiger partial charge >= 0.3 is 0 Å². The van der Waals surface area contributed by atoms with E-state index in [0.717, 1.165) is 16.4 Å². The van der Waals surface area contributed by atoms with Gasteiger partial charge in [-0.15, -0.1) is 0 Å². The molecule has 0 aliphatic rings. The van der Waals surface area contributed by atoms with Crippen LogP contribution in [-0.4, -0.2) is 47.1 Å². The smallest absolute Gasteiger partial charge is 0.289 e. The maximum absolute atomic E-state index is 13.7. The van der Waals surface area contributed by atoms with E-state index in [4.69, 9.17) is 14.2 Å². The molecular formula is C23H23N3O8S. The van der Waals surface area contributed by atoms with E-state index in [-0.39, 0.29) is 11.4 Å². The van der Waals surface area contributed by atoms with Crippen molar-refractivity contribution in [3.8, 4) is 17.2 Å². The second-order valence-electron chi connectivity index (χ2n) is 7.02. The molecule has 1 N–H and O–H groups in total. The van der Waals surface area contributed by atoms with Crippen LogP contribution in [0.25, 0.3) is 0 Å². The number of methoxy groups -OCH3 is 3. The van der Waals surface area contributed by atoms with Crippen molar-refractivity contribution in [1.82, 2.24) is 0 Å². The highest BCUT2D eigenvalue weighted by Crippen LogP contribution is 2.37. The van der Waals surface area contributed by atoms with Crippen LogP contribution in [0.2, 0.25) is 0 Å². The number of ether oxygens (including phenoxy) is 3. The Hall–Kier alpha value is -4.32. The summed E-state index contributed by atoms with van der Waals surface area (Å²) < 4.78 is 43.9. The van der Waals surface area contributed by atoms with Gasteiger partial charge in [0.2, 0.25) is 5.91 Å². The summed E-state index contributed by atoms with van der Waals surface area (Å²) in [6.45, 7) is -0.713. The molecule has 0 fully saturated rings. The van der Waals surface area contributed by atoms with Gasteiger partial charge in [-0.2, -0.15) is 0 Å². The molecule has 3 rings (SSSR count). The number of nitrogens with zero attached hydrogens (tertiary/aromatic N) is 2. The minimum absolute atomic E-state index is 0.0124. The van der Waals surface area contributed by atoms with Crippen molar-refractivity contribution >= 4 is 33.0 Å². The molecule has 0 radical (unpaired) electrons. The molecule has 0 bridgehead atoms. The van der Waals surface area contributed by atoms with Crippen molar-refractivity contribution in [3.63, 3.8) is 0 Å². The number of nitrogens with one attached hydrogen (secondary N) is 1. The van der Waals surface area contributed by atoms with Crippen LogP contribution in [-0.2, 0) is 14.8 Å². The number of benzene rings is 3. The van der Waals surface area contributed by atoms with Crippen LogP contribution < -0.4 is 23.8 Å². The first kappa shape index (κ1) is 25.3. The number of amides is 1. The van der Waals surface area contributed by atoms with Gasteiger partial charge in [-0.25, -0.2) is 8.42 Å². The SMILES string of the molecule is COc1ccc(N(CC(=O)Nc2ccccc2OC)S(=O)(=O)c2ccccc2[N+](=O)[O-])c(OC)c1. The normalized spacial score (nSPS) is 10.8. The topological polar surface area (TPSA) is 137 Å². The quantitative estimate of drug-likeness (QED) is 0.329. The maximum Gasteiger partial charge on any atom is 0.289 e. The molecule has 0 heterocycles. The highest BCUT2D eigenvalue weighted by Gasteiger charge is 2.34. The third kappa shape index (κ3) is 5.44. The van der Waals surface area contributed by atoms with E-state index in [1.165, 1.54) is 51.7 Å². The molecule has 1 amide bonds. The van der Waals surface area contributed by atoms with Crippen LogP contribution in [0.5, 0.6) is 17.2 Å². The number of carbonyl (C=O) groups is 1. The number of hydrogen-bond donors (Lipinski definition) is 1. The fourth-order valence-corrected chi connectivity index (χ4v) is 4.90. The fraction of sp³-hybridized carbons (Fsp3) is 0.174. The van der Waals surface area contributed by atoms with Gasteiger partial charge in [0, 0.05) is 12.1 Å². The Labute approximate surface area is 202 Å². The predicted octanol–water partition coefficient (Wildman–Crippen LogP) is 3.45. The first-order valence-corrected chi connectivity index (χ1v) is 11.6. The van der Waals surface area contributed by atoms with E-state index in [0.29, 0.717) is 17.2 Å². The van der Waals surface area contributed by atoms with Crippen LogP contribution in [0.4, 0.5) is 17.1 Å². The summed E-state index contributed by atoms with van der Waals surface area (Å²) in [6.07, 6.45) is 0. The third-order valence-corrected chi connectivity index (χ3v) is 6.76. The molecule has 3 aromatic rings. The summed E-state index contributed by atoms with van der Waals surface area (Å²) >= 11 is 0. The van der Waals surface area contributed by atoms with Gasteiger partial charge in [0.1, 0.15) is 23.8 Å².